The van der Waals surface area contributed by atoms with Gasteiger partial charge in [0.25, 0.3) is 5.91 Å². The maximum atomic E-state index is 12.7. The molecule has 0 aliphatic carbocycles. The summed E-state index contributed by atoms with van der Waals surface area (Å²) in [4.78, 5) is 27.4. The van der Waals surface area contributed by atoms with E-state index in [-0.39, 0.29) is 12.0 Å². The molecular weight excluding hydrogens is 364 g/mol. The van der Waals surface area contributed by atoms with Gasteiger partial charge in [-0.2, -0.15) is 0 Å². The molecule has 1 aliphatic heterocycles. The zero-order valence-electron chi connectivity index (χ0n) is 16.7. The highest BCUT2D eigenvalue weighted by Crippen LogP contribution is 2.22. The summed E-state index contributed by atoms with van der Waals surface area (Å²) >= 11 is 0. The van der Waals surface area contributed by atoms with Gasteiger partial charge in [0.2, 0.25) is 0 Å². The molecule has 1 fully saturated rings. The second-order valence-electron chi connectivity index (χ2n) is 7.41. The first-order valence-corrected chi connectivity index (χ1v) is 9.78. The van der Waals surface area contributed by atoms with Crippen LogP contribution in [0.4, 0.5) is 0 Å². The molecule has 0 unspecified atom stereocenters. The van der Waals surface area contributed by atoms with Gasteiger partial charge in [0.15, 0.2) is 0 Å². The summed E-state index contributed by atoms with van der Waals surface area (Å²) in [5.74, 6) is -0.123. The minimum absolute atomic E-state index is 0.123. The Kier molecular flexibility index (Phi) is 5.62. The molecule has 6 heteroatoms. The van der Waals surface area contributed by atoms with Gasteiger partial charge in [-0.25, -0.2) is 4.98 Å². The van der Waals surface area contributed by atoms with Gasteiger partial charge in [-0.3, -0.25) is 14.8 Å². The molecule has 148 valence electrons. The van der Waals surface area contributed by atoms with Crippen molar-refractivity contribution < 1.29 is 9.53 Å². The Hall–Kier alpha value is -3.12. The fourth-order valence-corrected chi connectivity index (χ4v) is 3.35. The fraction of sp³-hybridized carbons (Fsp3) is 0.304. The maximum Gasteiger partial charge on any atom is 0.274 e. The van der Waals surface area contributed by atoms with Crippen LogP contribution in [-0.2, 0) is 11.2 Å². The SMILES string of the molecule is Cc1ccc(Cc2ccc([C@@H]3CN(C(=O)c4cnc(C)cn4)CCO3)nc2)cc1. The molecule has 1 aliphatic rings. The molecule has 1 amide bonds. The van der Waals surface area contributed by atoms with E-state index in [9.17, 15) is 4.79 Å². The van der Waals surface area contributed by atoms with E-state index in [1.165, 1.54) is 17.3 Å². The molecule has 3 heterocycles. The topological polar surface area (TPSA) is 68.2 Å². The summed E-state index contributed by atoms with van der Waals surface area (Å²) in [6.07, 6.45) is 5.64. The average Bonchev–Trinajstić information content (AvgIpc) is 2.76. The van der Waals surface area contributed by atoms with E-state index >= 15 is 0 Å². The molecule has 6 nitrogen and oxygen atoms in total. The minimum Gasteiger partial charge on any atom is -0.368 e. The van der Waals surface area contributed by atoms with Gasteiger partial charge in [0, 0.05) is 18.9 Å². The van der Waals surface area contributed by atoms with E-state index in [0.717, 1.165) is 23.4 Å². The van der Waals surface area contributed by atoms with Crippen LogP contribution in [0.25, 0.3) is 0 Å². The van der Waals surface area contributed by atoms with Crippen LogP contribution in [0, 0.1) is 13.8 Å². The molecular formula is C23H24N4O2. The Balaban J connectivity index is 1.42. The molecule has 4 rings (SSSR count). The normalized spacial score (nSPS) is 16.6. The molecule has 0 radical (unpaired) electrons. The number of ether oxygens (including phenoxy) is 1. The van der Waals surface area contributed by atoms with Crippen LogP contribution in [0.1, 0.15) is 44.7 Å². The van der Waals surface area contributed by atoms with Crippen molar-refractivity contribution in [1.82, 2.24) is 19.9 Å². The first kappa shape index (κ1) is 19.2. The van der Waals surface area contributed by atoms with Gasteiger partial charge in [0.1, 0.15) is 11.8 Å². The molecule has 0 spiro atoms. The van der Waals surface area contributed by atoms with Crippen LogP contribution >= 0.6 is 0 Å². The summed E-state index contributed by atoms with van der Waals surface area (Å²) in [5, 5.41) is 0. The number of morpholine rings is 1. The Bertz CT molecular complexity index is 969. The molecule has 0 saturated carbocycles. The predicted octanol–water partition coefficient (Wildman–Crippen LogP) is 3.29. The van der Waals surface area contributed by atoms with Crippen molar-refractivity contribution in [2.75, 3.05) is 19.7 Å². The van der Waals surface area contributed by atoms with Crippen molar-refractivity contribution in [1.29, 1.82) is 0 Å². The van der Waals surface area contributed by atoms with Crippen molar-refractivity contribution in [3.05, 3.63) is 88.8 Å². The molecule has 1 atom stereocenters. The maximum absolute atomic E-state index is 12.7. The lowest BCUT2D eigenvalue weighted by molar-refractivity contribution is -0.0249. The van der Waals surface area contributed by atoms with E-state index in [2.05, 4.69) is 52.2 Å². The third-order valence-corrected chi connectivity index (χ3v) is 5.06. The van der Waals surface area contributed by atoms with E-state index in [0.29, 0.717) is 25.4 Å². The summed E-state index contributed by atoms with van der Waals surface area (Å²) < 4.78 is 5.88. The minimum atomic E-state index is -0.237. The van der Waals surface area contributed by atoms with Crippen molar-refractivity contribution in [3.63, 3.8) is 0 Å². The predicted molar refractivity (Wildman–Crippen MR) is 110 cm³/mol. The zero-order valence-corrected chi connectivity index (χ0v) is 16.7. The first-order chi connectivity index (χ1) is 14.1. The number of nitrogens with zero attached hydrogens (tertiary/aromatic N) is 4. The summed E-state index contributed by atoms with van der Waals surface area (Å²) in [7, 11) is 0. The lowest BCUT2D eigenvalue weighted by Gasteiger charge is -2.32. The fourth-order valence-electron chi connectivity index (χ4n) is 3.35. The number of aromatic nitrogens is 3. The Morgan fingerprint density at radius 3 is 2.48 bits per heavy atom. The van der Waals surface area contributed by atoms with Gasteiger partial charge in [-0.1, -0.05) is 35.9 Å². The highest BCUT2D eigenvalue weighted by atomic mass is 16.5. The van der Waals surface area contributed by atoms with Crippen LogP contribution in [0.2, 0.25) is 0 Å². The lowest BCUT2D eigenvalue weighted by atomic mass is 10.0. The molecule has 1 aromatic carbocycles. The van der Waals surface area contributed by atoms with Gasteiger partial charge < -0.3 is 9.64 Å². The van der Waals surface area contributed by atoms with Crippen molar-refractivity contribution >= 4 is 5.91 Å². The summed E-state index contributed by atoms with van der Waals surface area (Å²) in [6.45, 7) is 5.40. The van der Waals surface area contributed by atoms with Gasteiger partial charge >= 0.3 is 0 Å². The largest absolute Gasteiger partial charge is 0.368 e. The number of aryl methyl sites for hydroxylation is 2. The number of rotatable bonds is 4. The number of carbonyl (C=O) groups excluding carboxylic acids is 1. The smallest absolute Gasteiger partial charge is 0.274 e. The first-order valence-electron chi connectivity index (χ1n) is 9.78. The number of pyridine rings is 1. The molecule has 0 N–H and O–H groups in total. The number of carbonyl (C=O) groups is 1. The standard InChI is InChI=1S/C23H24N4O2/c1-16-3-5-18(6-4-16)11-19-7-8-20(26-13-19)22-15-27(9-10-29-22)23(28)21-14-24-17(2)12-25-21/h3-8,12-14,22H,9-11,15H2,1-2H3/t22-/m0/s1. The Morgan fingerprint density at radius 1 is 1.00 bits per heavy atom. The van der Waals surface area contributed by atoms with Crippen molar-refractivity contribution in [2.45, 2.75) is 26.4 Å². The van der Waals surface area contributed by atoms with E-state index in [1.807, 2.05) is 19.2 Å². The quantitative estimate of drug-likeness (QED) is 0.686. The van der Waals surface area contributed by atoms with Crippen LogP contribution < -0.4 is 0 Å². The van der Waals surface area contributed by atoms with Gasteiger partial charge in [-0.05, 0) is 37.5 Å². The van der Waals surface area contributed by atoms with Crippen LogP contribution in [0.15, 0.2) is 55.0 Å². The second kappa shape index (κ2) is 8.49. The third-order valence-electron chi connectivity index (χ3n) is 5.06. The molecule has 3 aromatic rings. The van der Waals surface area contributed by atoms with Gasteiger partial charge in [0.05, 0.1) is 30.7 Å². The lowest BCUT2D eigenvalue weighted by Crippen LogP contribution is -2.42. The zero-order chi connectivity index (χ0) is 20.2. The molecule has 29 heavy (non-hydrogen) atoms. The Labute approximate surface area is 170 Å². The summed E-state index contributed by atoms with van der Waals surface area (Å²) in [6, 6.07) is 12.6. The van der Waals surface area contributed by atoms with Crippen LogP contribution in [0.5, 0.6) is 0 Å². The van der Waals surface area contributed by atoms with Crippen molar-refractivity contribution in [3.8, 4) is 0 Å². The molecule has 2 aromatic heterocycles. The van der Waals surface area contributed by atoms with E-state index in [1.54, 1.807) is 11.1 Å². The van der Waals surface area contributed by atoms with Crippen LogP contribution in [0.3, 0.4) is 0 Å². The van der Waals surface area contributed by atoms with Crippen LogP contribution in [-0.4, -0.2) is 45.5 Å². The monoisotopic (exact) mass is 388 g/mol. The second-order valence-corrected chi connectivity index (χ2v) is 7.41. The van der Waals surface area contributed by atoms with E-state index in [4.69, 9.17) is 4.74 Å². The van der Waals surface area contributed by atoms with Crippen molar-refractivity contribution in [2.24, 2.45) is 0 Å². The number of amides is 1. The third kappa shape index (κ3) is 4.66. The molecule has 0 bridgehead atoms. The van der Waals surface area contributed by atoms with Gasteiger partial charge in [-0.15, -0.1) is 0 Å². The highest BCUT2D eigenvalue weighted by Gasteiger charge is 2.27. The average molecular weight is 388 g/mol. The molecule has 1 saturated heterocycles. The highest BCUT2D eigenvalue weighted by molar-refractivity contribution is 5.92. The summed E-state index contributed by atoms with van der Waals surface area (Å²) in [5.41, 5.74) is 5.65. The number of hydrogen-bond acceptors (Lipinski definition) is 5. The Morgan fingerprint density at radius 2 is 1.79 bits per heavy atom. The van der Waals surface area contributed by atoms with E-state index < -0.39 is 0 Å². The number of hydrogen-bond donors (Lipinski definition) is 0. The number of benzene rings is 1.